The lowest BCUT2D eigenvalue weighted by molar-refractivity contribution is 0.0949. The zero-order valence-corrected chi connectivity index (χ0v) is 11.1. The van der Waals surface area contributed by atoms with Crippen LogP contribution in [-0.2, 0) is 13.6 Å². The third-order valence-corrected chi connectivity index (χ3v) is 2.85. The molecule has 0 fully saturated rings. The first kappa shape index (κ1) is 13.0. The van der Waals surface area contributed by atoms with Gasteiger partial charge in [-0.3, -0.25) is 9.48 Å². The maximum atomic E-state index is 12.1. The highest BCUT2D eigenvalue weighted by Gasteiger charge is 2.12. The molecule has 3 N–H and O–H groups in total. The van der Waals surface area contributed by atoms with Crippen LogP contribution < -0.4 is 11.1 Å². The minimum atomic E-state index is -0.196. The minimum absolute atomic E-state index is 0.196. The fourth-order valence-electron chi connectivity index (χ4n) is 1.68. The van der Waals surface area contributed by atoms with Crippen molar-refractivity contribution in [2.45, 2.75) is 20.4 Å². The zero-order valence-electron chi connectivity index (χ0n) is 11.1. The third-order valence-electron chi connectivity index (χ3n) is 2.85. The Balaban J connectivity index is 2.09. The summed E-state index contributed by atoms with van der Waals surface area (Å²) in [5, 5.41) is 14.6. The summed E-state index contributed by atoms with van der Waals surface area (Å²) in [5.41, 5.74) is 8.42. The van der Waals surface area contributed by atoms with Gasteiger partial charge in [0, 0.05) is 19.2 Å². The molecule has 0 spiro atoms. The molecule has 2 aromatic heterocycles. The van der Waals surface area contributed by atoms with Crippen LogP contribution in [0.1, 0.15) is 27.3 Å². The first-order valence-electron chi connectivity index (χ1n) is 5.84. The van der Waals surface area contributed by atoms with Crippen LogP contribution in [0.2, 0.25) is 0 Å². The molecule has 0 saturated heterocycles. The lowest BCUT2D eigenvalue weighted by Gasteiger charge is -2.07. The van der Waals surface area contributed by atoms with Gasteiger partial charge < -0.3 is 11.1 Å². The zero-order chi connectivity index (χ0) is 14.0. The molecule has 2 heterocycles. The molecule has 0 aliphatic rings. The second-order valence-electron chi connectivity index (χ2n) is 4.35. The Morgan fingerprint density at radius 2 is 2.16 bits per heavy atom. The number of hydrogen-bond acceptors (Lipinski definition) is 5. The lowest BCUT2D eigenvalue weighted by Crippen LogP contribution is -2.24. The SMILES string of the molecule is Cc1cc(C(=O)NCc2cnn(C)c2N)c(C)nn1. The molecular formula is C12H16N6O. The molecule has 0 aromatic carbocycles. The number of nitrogens with two attached hydrogens (primary N) is 1. The Bertz CT molecular complexity index is 619. The fourth-order valence-corrected chi connectivity index (χ4v) is 1.68. The van der Waals surface area contributed by atoms with Gasteiger partial charge in [0.05, 0.1) is 23.1 Å². The number of rotatable bonds is 3. The molecule has 2 aromatic rings. The van der Waals surface area contributed by atoms with Crippen LogP contribution in [0.15, 0.2) is 12.3 Å². The number of aryl methyl sites for hydroxylation is 3. The van der Waals surface area contributed by atoms with Crippen LogP contribution in [0.5, 0.6) is 0 Å². The topological polar surface area (TPSA) is 98.7 Å². The van der Waals surface area contributed by atoms with Crippen molar-refractivity contribution in [2.24, 2.45) is 7.05 Å². The van der Waals surface area contributed by atoms with Gasteiger partial charge in [-0.15, -0.1) is 0 Å². The van der Waals surface area contributed by atoms with Crippen LogP contribution in [-0.4, -0.2) is 25.9 Å². The first-order chi connectivity index (χ1) is 8.99. The van der Waals surface area contributed by atoms with E-state index in [1.54, 1.807) is 37.8 Å². The average molecular weight is 260 g/mol. The summed E-state index contributed by atoms with van der Waals surface area (Å²) < 4.78 is 1.56. The number of aromatic nitrogens is 4. The van der Waals surface area contributed by atoms with Gasteiger partial charge in [-0.25, -0.2) is 0 Å². The number of carbonyl (C=O) groups is 1. The highest BCUT2D eigenvalue weighted by Crippen LogP contribution is 2.10. The molecule has 0 radical (unpaired) electrons. The van der Waals surface area contributed by atoms with E-state index in [4.69, 9.17) is 5.73 Å². The molecule has 1 amide bonds. The molecule has 19 heavy (non-hydrogen) atoms. The van der Waals surface area contributed by atoms with Crippen LogP contribution in [0, 0.1) is 13.8 Å². The molecule has 0 saturated carbocycles. The number of nitrogens with zero attached hydrogens (tertiary/aromatic N) is 4. The van der Waals surface area contributed by atoms with Crippen molar-refractivity contribution in [2.75, 3.05) is 5.73 Å². The summed E-state index contributed by atoms with van der Waals surface area (Å²) in [6, 6.07) is 1.71. The minimum Gasteiger partial charge on any atom is -0.384 e. The van der Waals surface area contributed by atoms with Crippen molar-refractivity contribution in [1.82, 2.24) is 25.3 Å². The summed E-state index contributed by atoms with van der Waals surface area (Å²) in [7, 11) is 1.75. The second-order valence-corrected chi connectivity index (χ2v) is 4.35. The standard InChI is InChI=1S/C12H16N6O/c1-7-4-10(8(2)17-16-7)12(19)14-5-9-6-15-18(3)11(9)13/h4,6H,5,13H2,1-3H3,(H,14,19). The van der Waals surface area contributed by atoms with Crippen LogP contribution in [0.3, 0.4) is 0 Å². The highest BCUT2D eigenvalue weighted by atomic mass is 16.1. The van der Waals surface area contributed by atoms with Crippen LogP contribution in [0.25, 0.3) is 0 Å². The van der Waals surface area contributed by atoms with Gasteiger partial charge in [-0.05, 0) is 19.9 Å². The number of nitrogens with one attached hydrogen (secondary N) is 1. The quantitative estimate of drug-likeness (QED) is 0.829. The summed E-state index contributed by atoms with van der Waals surface area (Å²) in [6.07, 6.45) is 1.64. The van der Waals surface area contributed by atoms with Gasteiger partial charge in [0.25, 0.3) is 5.91 Å². The van der Waals surface area contributed by atoms with E-state index >= 15 is 0 Å². The van der Waals surface area contributed by atoms with E-state index in [0.717, 1.165) is 5.56 Å². The van der Waals surface area contributed by atoms with E-state index in [2.05, 4.69) is 20.6 Å². The predicted molar refractivity (Wildman–Crippen MR) is 70.3 cm³/mol. The monoisotopic (exact) mass is 260 g/mol. The number of amides is 1. The molecule has 7 heteroatoms. The Kier molecular flexibility index (Phi) is 3.46. The van der Waals surface area contributed by atoms with Gasteiger partial charge in [0.2, 0.25) is 0 Å². The highest BCUT2D eigenvalue weighted by molar-refractivity contribution is 5.95. The van der Waals surface area contributed by atoms with Crippen molar-refractivity contribution in [3.8, 4) is 0 Å². The first-order valence-corrected chi connectivity index (χ1v) is 5.84. The van der Waals surface area contributed by atoms with E-state index in [1.165, 1.54) is 0 Å². The van der Waals surface area contributed by atoms with Gasteiger partial charge in [-0.1, -0.05) is 0 Å². The summed E-state index contributed by atoms with van der Waals surface area (Å²) >= 11 is 0. The Morgan fingerprint density at radius 3 is 2.79 bits per heavy atom. The Labute approximate surface area is 110 Å². The second kappa shape index (κ2) is 5.05. The van der Waals surface area contributed by atoms with Gasteiger partial charge >= 0.3 is 0 Å². The molecule has 0 aliphatic carbocycles. The van der Waals surface area contributed by atoms with Crippen LogP contribution >= 0.6 is 0 Å². The number of nitrogen functional groups attached to an aromatic ring is 1. The van der Waals surface area contributed by atoms with Crippen molar-refractivity contribution in [3.63, 3.8) is 0 Å². The van der Waals surface area contributed by atoms with Crippen molar-refractivity contribution < 1.29 is 4.79 Å². The van der Waals surface area contributed by atoms with E-state index in [1.807, 2.05) is 0 Å². The fraction of sp³-hybridized carbons (Fsp3) is 0.333. The van der Waals surface area contributed by atoms with E-state index in [0.29, 0.717) is 29.3 Å². The van der Waals surface area contributed by atoms with Crippen LogP contribution in [0.4, 0.5) is 5.82 Å². The number of anilines is 1. The molecule has 2 rings (SSSR count). The van der Waals surface area contributed by atoms with Crippen molar-refractivity contribution in [1.29, 1.82) is 0 Å². The smallest absolute Gasteiger partial charge is 0.253 e. The van der Waals surface area contributed by atoms with E-state index in [-0.39, 0.29) is 5.91 Å². The maximum absolute atomic E-state index is 12.1. The third kappa shape index (κ3) is 2.70. The summed E-state index contributed by atoms with van der Waals surface area (Å²) in [5.74, 6) is 0.347. The Morgan fingerprint density at radius 1 is 1.42 bits per heavy atom. The Hall–Kier alpha value is -2.44. The summed E-state index contributed by atoms with van der Waals surface area (Å²) in [6.45, 7) is 3.88. The maximum Gasteiger partial charge on any atom is 0.253 e. The van der Waals surface area contributed by atoms with Crippen molar-refractivity contribution in [3.05, 3.63) is 34.8 Å². The van der Waals surface area contributed by atoms with E-state index < -0.39 is 0 Å². The van der Waals surface area contributed by atoms with Crippen molar-refractivity contribution >= 4 is 11.7 Å². The average Bonchev–Trinajstić information content (AvgIpc) is 2.70. The van der Waals surface area contributed by atoms with E-state index in [9.17, 15) is 4.79 Å². The lowest BCUT2D eigenvalue weighted by atomic mass is 10.2. The normalized spacial score (nSPS) is 10.5. The molecule has 7 nitrogen and oxygen atoms in total. The molecule has 0 bridgehead atoms. The number of hydrogen-bond donors (Lipinski definition) is 2. The van der Waals surface area contributed by atoms with Gasteiger partial charge in [-0.2, -0.15) is 15.3 Å². The summed E-state index contributed by atoms with van der Waals surface area (Å²) in [4.78, 5) is 12.1. The van der Waals surface area contributed by atoms with Gasteiger partial charge in [0.1, 0.15) is 5.82 Å². The predicted octanol–water partition coefficient (Wildman–Crippen LogP) is 0.339. The molecule has 0 unspecified atom stereocenters. The molecule has 100 valence electrons. The molecular weight excluding hydrogens is 244 g/mol. The molecule has 0 aliphatic heterocycles. The largest absolute Gasteiger partial charge is 0.384 e. The molecule has 0 atom stereocenters. The number of carbonyl (C=O) groups excluding carboxylic acids is 1. The van der Waals surface area contributed by atoms with Gasteiger partial charge in [0.15, 0.2) is 0 Å².